The number of aryl methyl sites for hydroxylation is 2. The molecule has 1 atom stereocenters. The standard InChI is InChI=1S/C19H27N5O2S/c1-3-8-24-12-14(13(2)22-24)11-23-9-4-5-15(23)16-6-7-17(27-16)19(26)21-10-18(20)25/h6-7,12,15H,3-5,8-11H2,1-2H3,(H2,20,25)(H,21,26)/t15-/m1/s1. The van der Waals surface area contributed by atoms with E-state index in [1.165, 1.54) is 21.8 Å². The largest absolute Gasteiger partial charge is 0.368 e. The number of rotatable bonds is 8. The van der Waals surface area contributed by atoms with E-state index in [0.717, 1.165) is 44.6 Å². The molecule has 3 N–H and O–H groups in total. The molecule has 2 aromatic heterocycles. The van der Waals surface area contributed by atoms with Crippen molar-refractivity contribution in [3.05, 3.63) is 39.3 Å². The molecule has 8 heteroatoms. The van der Waals surface area contributed by atoms with Crippen LogP contribution in [0.25, 0.3) is 0 Å². The van der Waals surface area contributed by atoms with Crippen molar-refractivity contribution in [1.29, 1.82) is 0 Å². The number of likely N-dealkylation sites (tertiary alicyclic amines) is 1. The second-order valence-corrected chi connectivity index (χ2v) is 8.10. The molecular weight excluding hydrogens is 362 g/mol. The summed E-state index contributed by atoms with van der Waals surface area (Å²) in [5.41, 5.74) is 7.44. The summed E-state index contributed by atoms with van der Waals surface area (Å²) in [5.74, 6) is -0.785. The molecule has 0 aliphatic carbocycles. The number of carbonyl (C=O) groups is 2. The number of carbonyl (C=O) groups excluding carboxylic acids is 2. The predicted octanol–water partition coefficient (Wildman–Crippen LogP) is 2.22. The number of hydrogen-bond acceptors (Lipinski definition) is 5. The van der Waals surface area contributed by atoms with Crippen molar-refractivity contribution in [2.45, 2.75) is 52.2 Å². The minimum absolute atomic E-state index is 0.136. The van der Waals surface area contributed by atoms with E-state index in [0.29, 0.717) is 10.9 Å². The van der Waals surface area contributed by atoms with Crippen molar-refractivity contribution in [3.63, 3.8) is 0 Å². The van der Waals surface area contributed by atoms with Crippen LogP contribution >= 0.6 is 11.3 Å². The van der Waals surface area contributed by atoms with E-state index in [4.69, 9.17) is 5.73 Å². The molecule has 1 aliphatic heterocycles. The first kappa shape index (κ1) is 19.6. The fourth-order valence-corrected chi connectivity index (χ4v) is 4.62. The maximum Gasteiger partial charge on any atom is 0.261 e. The van der Waals surface area contributed by atoms with Crippen LogP contribution in [0, 0.1) is 6.92 Å². The lowest BCUT2D eigenvalue weighted by Gasteiger charge is -2.23. The Balaban J connectivity index is 1.68. The number of hydrogen-bond donors (Lipinski definition) is 2. The predicted molar refractivity (Wildman–Crippen MR) is 105 cm³/mol. The topological polar surface area (TPSA) is 93.3 Å². The molecule has 27 heavy (non-hydrogen) atoms. The van der Waals surface area contributed by atoms with Gasteiger partial charge in [-0.2, -0.15) is 5.10 Å². The molecule has 0 unspecified atom stereocenters. The van der Waals surface area contributed by atoms with Crippen molar-refractivity contribution >= 4 is 23.2 Å². The van der Waals surface area contributed by atoms with Gasteiger partial charge in [-0.3, -0.25) is 19.2 Å². The number of thiophene rings is 1. The first-order chi connectivity index (χ1) is 13.0. The van der Waals surface area contributed by atoms with Crippen LogP contribution in [0.1, 0.15) is 58.0 Å². The zero-order valence-corrected chi connectivity index (χ0v) is 16.7. The van der Waals surface area contributed by atoms with Gasteiger partial charge in [0.1, 0.15) is 0 Å². The van der Waals surface area contributed by atoms with E-state index in [1.807, 2.05) is 16.8 Å². The molecule has 1 saturated heterocycles. The van der Waals surface area contributed by atoms with Crippen LogP contribution in [0.5, 0.6) is 0 Å². The molecule has 2 aromatic rings. The molecule has 3 heterocycles. The SMILES string of the molecule is CCCn1cc(CN2CCC[C@@H]2c2ccc(C(=O)NCC(N)=O)s2)c(C)n1. The van der Waals surface area contributed by atoms with E-state index in [-0.39, 0.29) is 12.5 Å². The van der Waals surface area contributed by atoms with Gasteiger partial charge in [-0.1, -0.05) is 6.92 Å². The molecule has 0 bridgehead atoms. The Labute approximate surface area is 163 Å². The molecule has 0 spiro atoms. The fraction of sp³-hybridized carbons (Fsp3) is 0.526. The second-order valence-electron chi connectivity index (χ2n) is 6.98. The molecule has 0 radical (unpaired) electrons. The average Bonchev–Trinajstić information content (AvgIpc) is 3.34. The molecule has 2 amide bonds. The van der Waals surface area contributed by atoms with Gasteiger partial charge in [-0.25, -0.2) is 0 Å². The van der Waals surface area contributed by atoms with Crippen LogP contribution < -0.4 is 11.1 Å². The van der Waals surface area contributed by atoms with Gasteiger partial charge in [0.25, 0.3) is 5.91 Å². The summed E-state index contributed by atoms with van der Waals surface area (Å²) in [6, 6.07) is 4.18. The van der Waals surface area contributed by atoms with Crippen LogP contribution in [0.3, 0.4) is 0 Å². The molecule has 1 aliphatic rings. The van der Waals surface area contributed by atoms with Gasteiger partial charge in [-0.05, 0) is 44.9 Å². The Morgan fingerprint density at radius 3 is 2.96 bits per heavy atom. The van der Waals surface area contributed by atoms with Crippen LogP contribution in [-0.2, 0) is 17.9 Å². The average molecular weight is 390 g/mol. The van der Waals surface area contributed by atoms with Gasteiger partial charge >= 0.3 is 0 Å². The Morgan fingerprint density at radius 1 is 1.41 bits per heavy atom. The number of aromatic nitrogens is 2. The number of nitrogens with zero attached hydrogens (tertiary/aromatic N) is 3. The molecule has 0 aromatic carbocycles. The third-order valence-corrected chi connectivity index (χ3v) is 6.03. The van der Waals surface area contributed by atoms with Gasteiger partial charge in [0.05, 0.1) is 17.1 Å². The summed E-state index contributed by atoms with van der Waals surface area (Å²) < 4.78 is 2.03. The highest BCUT2D eigenvalue weighted by Crippen LogP contribution is 2.37. The molecule has 3 rings (SSSR count). The highest BCUT2D eigenvalue weighted by Gasteiger charge is 2.28. The maximum atomic E-state index is 12.1. The zero-order valence-electron chi connectivity index (χ0n) is 15.9. The van der Waals surface area contributed by atoms with Crippen molar-refractivity contribution in [2.75, 3.05) is 13.1 Å². The number of primary amides is 1. The van der Waals surface area contributed by atoms with E-state index >= 15 is 0 Å². The molecule has 7 nitrogen and oxygen atoms in total. The summed E-state index contributed by atoms with van der Waals surface area (Å²) in [6.45, 7) is 6.95. The summed E-state index contributed by atoms with van der Waals surface area (Å²) in [4.78, 5) is 27.2. The summed E-state index contributed by atoms with van der Waals surface area (Å²) >= 11 is 1.50. The monoisotopic (exact) mass is 389 g/mol. The van der Waals surface area contributed by atoms with Crippen molar-refractivity contribution in [2.24, 2.45) is 5.73 Å². The summed E-state index contributed by atoms with van der Waals surface area (Å²) in [7, 11) is 0. The highest BCUT2D eigenvalue weighted by molar-refractivity contribution is 7.14. The van der Waals surface area contributed by atoms with E-state index in [1.54, 1.807) is 0 Å². The van der Waals surface area contributed by atoms with E-state index in [2.05, 4.69) is 35.4 Å². The summed E-state index contributed by atoms with van der Waals surface area (Å²) in [5, 5.41) is 7.15. The zero-order chi connectivity index (χ0) is 19.4. The maximum absolute atomic E-state index is 12.1. The molecule has 1 fully saturated rings. The highest BCUT2D eigenvalue weighted by atomic mass is 32.1. The number of nitrogens with two attached hydrogens (primary N) is 1. The van der Waals surface area contributed by atoms with Crippen molar-refractivity contribution < 1.29 is 9.59 Å². The Kier molecular flexibility index (Phi) is 6.28. The number of nitrogens with one attached hydrogen (secondary N) is 1. The van der Waals surface area contributed by atoms with Crippen LogP contribution in [-0.4, -0.2) is 39.6 Å². The minimum Gasteiger partial charge on any atom is -0.368 e. The van der Waals surface area contributed by atoms with Gasteiger partial charge in [0.15, 0.2) is 0 Å². The lowest BCUT2D eigenvalue weighted by molar-refractivity contribution is -0.117. The number of amides is 2. The third kappa shape index (κ3) is 4.75. The van der Waals surface area contributed by atoms with Gasteiger partial charge < -0.3 is 11.1 Å². The van der Waals surface area contributed by atoms with Crippen LogP contribution in [0.15, 0.2) is 18.3 Å². The van der Waals surface area contributed by atoms with E-state index < -0.39 is 5.91 Å². The normalized spacial score (nSPS) is 17.3. The lowest BCUT2D eigenvalue weighted by Crippen LogP contribution is -2.32. The summed E-state index contributed by atoms with van der Waals surface area (Å²) in [6.07, 6.45) is 5.47. The van der Waals surface area contributed by atoms with Gasteiger partial charge in [-0.15, -0.1) is 11.3 Å². The van der Waals surface area contributed by atoms with Crippen molar-refractivity contribution in [1.82, 2.24) is 20.0 Å². The van der Waals surface area contributed by atoms with Gasteiger partial charge in [0, 0.05) is 35.8 Å². The van der Waals surface area contributed by atoms with Crippen molar-refractivity contribution in [3.8, 4) is 0 Å². The first-order valence-corrected chi connectivity index (χ1v) is 10.2. The quantitative estimate of drug-likeness (QED) is 0.724. The first-order valence-electron chi connectivity index (χ1n) is 9.41. The molecule has 0 saturated carbocycles. The Hall–Kier alpha value is -2.19. The van der Waals surface area contributed by atoms with Crippen LogP contribution in [0.4, 0.5) is 0 Å². The minimum atomic E-state index is -0.541. The Morgan fingerprint density at radius 2 is 2.22 bits per heavy atom. The molecule has 146 valence electrons. The fourth-order valence-electron chi connectivity index (χ4n) is 3.52. The smallest absolute Gasteiger partial charge is 0.261 e. The third-order valence-electron chi connectivity index (χ3n) is 4.84. The lowest BCUT2D eigenvalue weighted by atomic mass is 10.1. The molecular formula is C19H27N5O2S. The second kappa shape index (κ2) is 8.67. The van der Waals surface area contributed by atoms with Gasteiger partial charge in [0.2, 0.25) is 5.91 Å². The van der Waals surface area contributed by atoms with Crippen LogP contribution in [0.2, 0.25) is 0 Å². The van der Waals surface area contributed by atoms with E-state index in [9.17, 15) is 9.59 Å². The Bertz CT molecular complexity index is 813.